The van der Waals surface area contributed by atoms with Crippen molar-refractivity contribution < 1.29 is 4.74 Å². The Labute approximate surface area is 106 Å². The number of aromatic nitrogens is 3. The van der Waals surface area contributed by atoms with Crippen molar-refractivity contribution in [3.63, 3.8) is 0 Å². The third kappa shape index (κ3) is 3.05. The molecule has 2 heterocycles. The lowest BCUT2D eigenvalue weighted by Crippen LogP contribution is -2.47. The van der Waals surface area contributed by atoms with Gasteiger partial charge in [-0.1, -0.05) is 6.92 Å². The molecular formula is C11H20N6O. The van der Waals surface area contributed by atoms with Gasteiger partial charge in [-0.3, -0.25) is 10.3 Å². The maximum Gasteiger partial charge on any atom is 0.141 e. The molecule has 1 fully saturated rings. The average Bonchev–Trinajstić information content (AvgIpc) is 2.77. The number of nitrogens with two attached hydrogens (primary N) is 1. The first kappa shape index (κ1) is 13.0. The van der Waals surface area contributed by atoms with Crippen molar-refractivity contribution in [2.24, 2.45) is 5.73 Å². The highest BCUT2D eigenvalue weighted by Gasteiger charge is 2.23. The summed E-state index contributed by atoms with van der Waals surface area (Å²) in [5.41, 5.74) is 5.48. The van der Waals surface area contributed by atoms with Crippen LogP contribution in [0.1, 0.15) is 19.2 Å². The molecule has 7 nitrogen and oxygen atoms in total. The molecule has 2 rings (SSSR count). The minimum Gasteiger partial charge on any atom is -0.385 e. The molecule has 0 aromatic carbocycles. The van der Waals surface area contributed by atoms with Gasteiger partial charge in [-0.2, -0.15) is 5.10 Å². The van der Waals surface area contributed by atoms with E-state index < -0.39 is 0 Å². The van der Waals surface area contributed by atoms with Crippen molar-refractivity contribution in [1.82, 2.24) is 19.7 Å². The van der Waals surface area contributed by atoms with Gasteiger partial charge in [0.1, 0.15) is 24.1 Å². The van der Waals surface area contributed by atoms with Crippen LogP contribution in [-0.4, -0.2) is 51.3 Å². The SMILES string of the molecule is CCCn1ncnc1CN1CCOC(C(=N)N)C1. The summed E-state index contributed by atoms with van der Waals surface area (Å²) in [6.07, 6.45) is 2.34. The van der Waals surface area contributed by atoms with Gasteiger partial charge in [0.05, 0.1) is 13.2 Å². The maximum absolute atomic E-state index is 7.43. The van der Waals surface area contributed by atoms with E-state index in [1.807, 2.05) is 4.68 Å². The van der Waals surface area contributed by atoms with Crippen LogP contribution in [0.25, 0.3) is 0 Å². The molecule has 1 aromatic rings. The Balaban J connectivity index is 1.96. The van der Waals surface area contributed by atoms with Gasteiger partial charge in [0.25, 0.3) is 0 Å². The van der Waals surface area contributed by atoms with E-state index in [4.69, 9.17) is 15.9 Å². The van der Waals surface area contributed by atoms with Crippen molar-refractivity contribution >= 4 is 5.84 Å². The van der Waals surface area contributed by atoms with Crippen LogP contribution in [0, 0.1) is 5.41 Å². The molecule has 0 aliphatic carbocycles. The molecular weight excluding hydrogens is 232 g/mol. The lowest BCUT2D eigenvalue weighted by atomic mass is 10.2. The van der Waals surface area contributed by atoms with E-state index in [9.17, 15) is 0 Å². The number of amidine groups is 1. The Bertz CT molecular complexity index is 404. The molecule has 0 amide bonds. The van der Waals surface area contributed by atoms with Crippen molar-refractivity contribution in [3.8, 4) is 0 Å². The van der Waals surface area contributed by atoms with Crippen molar-refractivity contribution in [2.75, 3.05) is 19.7 Å². The summed E-state index contributed by atoms with van der Waals surface area (Å²) < 4.78 is 7.36. The Morgan fingerprint density at radius 2 is 2.50 bits per heavy atom. The monoisotopic (exact) mass is 252 g/mol. The maximum atomic E-state index is 7.43. The standard InChI is InChI=1S/C11H20N6O/c1-2-3-17-10(14-8-15-17)7-16-4-5-18-9(6-16)11(12)13/h8-9H,2-7H2,1H3,(H3,12,13). The summed E-state index contributed by atoms with van der Waals surface area (Å²) in [6, 6.07) is 0. The summed E-state index contributed by atoms with van der Waals surface area (Å²) >= 11 is 0. The molecule has 0 bridgehead atoms. The summed E-state index contributed by atoms with van der Waals surface area (Å²) in [7, 11) is 0. The highest BCUT2D eigenvalue weighted by Crippen LogP contribution is 2.09. The van der Waals surface area contributed by atoms with Crippen molar-refractivity contribution in [3.05, 3.63) is 12.2 Å². The van der Waals surface area contributed by atoms with Gasteiger partial charge in [-0.25, -0.2) is 9.67 Å². The van der Waals surface area contributed by atoms with Gasteiger partial charge in [-0.15, -0.1) is 0 Å². The number of rotatable bonds is 5. The average molecular weight is 252 g/mol. The number of nitrogens with zero attached hydrogens (tertiary/aromatic N) is 4. The van der Waals surface area contributed by atoms with Crippen LogP contribution in [0.2, 0.25) is 0 Å². The zero-order valence-corrected chi connectivity index (χ0v) is 10.7. The van der Waals surface area contributed by atoms with Gasteiger partial charge in [0, 0.05) is 19.6 Å². The van der Waals surface area contributed by atoms with Crippen LogP contribution in [-0.2, 0) is 17.8 Å². The molecule has 1 unspecified atom stereocenters. The third-order valence-electron chi connectivity index (χ3n) is 2.99. The number of nitrogens with one attached hydrogen (secondary N) is 1. The fourth-order valence-corrected chi connectivity index (χ4v) is 2.04. The molecule has 1 aliphatic rings. The normalized spacial score (nSPS) is 21.1. The first-order valence-corrected chi connectivity index (χ1v) is 6.25. The smallest absolute Gasteiger partial charge is 0.141 e. The lowest BCUT2D eigenvalue weighted by molar-refractivity contribution is 0.000945. The molecule has 100 valence electrons. The van der Waals surface area contributed by atoms with E-state index in [1.54, 1.807) is 6.33 Å². The highest BCUT2D eigenvalue weighted by atomic mass is 16.5. The van der Waals surface area contributed by atoms with Crippen molar-refractivity contribution in [1.29, 1.82) is 5.41 Å². The second-order valence-corrected chi connectivity index (χ2v) is 4.45. The van der Waals surface area contributed by atoms with Gasteiger partial charge < -0.3 is 10.5 Å². The van der Waals surface area contributed by atoms with E-state index in [-0.39, 0.29) is 11.9 Å². The Hall–Kier alpha value is -1.47. The predicted molar refractivity (Wildman–Crippen MR) is 67.2 cm³/mol. The molecule has 3 N–H and O–H groups in total. The third-order valence-corrected chi connectivity index (χ3v) is 2.99. The van der Waals surface area contributed by atoms with E-state index in [0.29, 0.717) is 13.2 Å². The number of aryl methyl sites for hydroxylation is 1. The molecule has 7 heteroatoms. The number of hydrogen-bond acceptors (Lipinski definition) is 5. The van der Waals surface area contributed by atoms with Gasteiger partial charge in [-0.05, 0) is 6.42 Å². The van der Waals surface area contributed by atoms with Crippen LogP contribution >= 0.6 is 0 Å². The molecule has 0 saturated carbocycles. The zero-order chi connectivity index (χ0) is 13.0. The van der Waals surface area contributed by atoms with Crippen LogP contribution < -0.4 is 5.73 Å². The molecule has 0 radical (unpaired) electrons. The summed E-state index contributed by atoms with van der Waals surface area (Å²) in [4.78, 5) is 6.48. The first-order chi connectivity index (χ1) is 8.70. The topological polar surface area (TPSA) is 93.0 Å². The minimum absolute atomic E-state index is 0.0923. The number of hydrogen-bond donors (Lipinski definition) is 2. The molecule has 1 saturated heterocycles. The zero-order valence-electron chi connectivity index (χ0n) is 10.7. The summed E-state index contributed by atoms with van der Waals surface area (Å²) in [5, 5.41) is 11.6. The molecule has 18 heavy (non-hydrogen) atoms. The highest BCUT2D eigenvalue weighted by molar-refractivity contribution is 5.82. The second kappa shape index (κ2) is 5.92. The van der Waals surface area contributed by atoms with E-state index in [2.05, 4.69) is 21.9 Å². The van der Waals surface area contributed by atoms with Gasteiger partial charge >= 0.3 is 0 Å². The fraction of sp³-hybridized carbons (Fsp3) is 0.727. The summed E-state index contributed by atoms with van der Waals surface area (Å²) in [6.45, 7) is 5.82. The van der Waals surface area contributed by atoms with Crippen LogP contribution in [0.4, 0.5) is 0 Å². The predicted octanol–water partition coefficient (Wildman–Crippen LogP) is -0.175. The first-order valence-electron chi connectivity index (χ1n) is 6.25. The van der Waals surface area contributed by atoms with Crippen LogP contribution in [0.3, 0.4) is 0 Å². The molecule has 1 aromatic heterocycles. The van der Waals surface area contributed by atoms with Crippen LogP contribution in [0.15, 0.2) is 6.33 Å². The quantitative estimate of drug-likeness (QED) is 0.560. The Morgan fingerprint density at radius 3 is 3.22 bits per heavy atom. The summed E-state index contributed by atoms with van der Waals surface area (Å²) in [5.74, 6) is 1.05. The van der Waals surface area contributed by atoms with Gasteiger partial charge in [0.15, 0.2) is 0 Å². The molecule has 1 atom stereocenters. The number of morpholine rings is 1. The van der Waals surface area contributed by atoms with Crippen molar-refractivity contribution in [2.45, 2.75) is 32.5 Å². The van der Waals surface area contributed by atoms with E-state index in [1.165, 1.54) is 0 Å². The van der Waals surface area contributed by atoms with E-state index in [0.717, 1.165) is 31.9 Å². The van der Waals surface area contributed by atoms with Gasteiger partial charge in [0.2, 0.25) is 0 Å². The fourth-order valence-electron chi connectivity index (χ4n) is 2.04. The second-order valence-electron chi connectivity index (χ2n) is 4.45. The number of ether oxygens (including phenoxy) is 1. The van der Waals surface area contributed by atoms with Crippen LogP contribution in [0.5, 0.6) is 0 Å². The molecule has 1 aliphatic heterocycles. The largest absolute Gasteiger partial charge is 0.385 e. The Kier molecular flexibility index (Phi) is 4.27. The Morgan fingerprint density at radius 1 is 1.67 bits per heavy atom. The minimum atomic E-state index is -0.290. The van der Waals surface area contributed by atoms with E-state index >= 15 is 0 Å². The lowest BCUT2D eigenvalue weighted by Gasteiger charge is -2.31. The molecule has 0 spiro atoms.